The first-order chi connectivity index (χ1) is 27.7. The van der Waals surface area contributed by atoms with Gasteiger partial charge in [0.15, 0.2) is 0 Å². The van der Waals surface area contributed by atoms with Crippen LogP contribution in [0.25, 0.3) is 22.3 Å². The number of nitrogens with two attached hydrogens (primary N) is 2. The number of amides is 5. The van der Waals surface area contributed by atoms with Crippen LogP contribution in [-0.4, -0.2) is 74.8 Å². The number of carbonyl (C=O) groups is 5. The number of nitrogens with zero attached hydrogens (tertiary/aromatic N) is 2. The highest BCUT2D eigenvalue weighted by molar-refractivity contribution is 5.91. The molecule has 2 saturated heterocycles. The molecule has 0 spiro atoms. The van der Waals surface area contributed by atoms with Crippen LogP contribution in [0.2, 0.25) is 0 Å². The van der Waals surface area contributed by atoms with Gasteiger partial charge in [-0.05, 0) is 46.5 Å². The fourth-order valence-corrected chi connectivity index (χ4v) is 6.04. The number of benzene rings is 4. The van der Waals surface area contributed by atoms with E-state index in [1.807, 2.05) is 0 Å². The summed E-state index contributed by atoms with van der Waals surface area (Å²) in [5, 5.41) is 7.69. The molecule has 5 amide bonds. The number of hydrogen-bond donors (Lipinski definition) is 5. The van der Waals surface area contributed by atoms with Crippen LogP contribution in [0.4, 0.5) is 38.5 Å². The third-order valence-electron chi connectivity index (χ3n) is 8.98. The molecular formula is C40H41F4N7O7. The van der Waals surface area contributed by atoms with Crippen molar-refractivity contribution in [2.24, 2.45) is 11.5 Å². The van der Waals surface area contributed by atoms with Gasteiger partial charge in [-0.3, -0.25) is 24.2 Å². The average Bonchev–Trinajstić information content (AvgIpc) is 3.76. The van der Waals surface area contributed by atoms with Crippen molar-refractivity contribution in [2.45, 2.75) is 39.1 Å². The topological polar surface area (TPSA) is 198 Å². The van der Waals surface area contributed by atoms with Crippen LogP contribution >= 0.6 is 0 Å². The van der Waals surface area contributed by atoms with E-state index in [9.17, 15) is 41.5 Å². The summed E-state index contributed by atoms with van der Waals surface area (Å²) in [5.74, 6) is -4.09. The van der Waals surface area contributed by atoms with E-state index in [0.717, 1.165) is 45.2 Å². The van der Waals surface area contributed by atoms with Crippen molar-refractivity contribution in [3.8, 4) is 22.3 Å². The van der Waals surface area contributed by atoms with Gasteiger partial charge in [0, 0.05) is 26.9 Å². The number of nitrogens with one attached hydrogen (secondary N) is 3. The van der Waals surface area contributed by atoms with E-state index >= 15 is 0 Å². The lowest BCUT2D eigenvalue weighted by Gasteiger charge is -2.15. The first kappa shape index (κ1) is 42.6. The van der Waals surface area contributed by atoms with Crippen LogP contribution in [0.1, 0.15) is 25.0 Å². The first-order valence-corrected chi connectivity index (χ1v) is 18.0. The van der Waals surface area contributed by atoms with Gasteiger partial charge in [0.05, 0.1) is 55.2 Å². The molecule has 6 rings (SSSR count). The Balaban J connectivity index is 0.000000223. The van der Waals surface area contributed by atoms with Crippen LogP contribution < -0.4 is 37.2 Å². The third kappa shape index (κ3) is 10.6. The van der Waals surface area contributed by atoms with Gasteiger partial charge in [-0.25, -0.2) is 27.2 Å². The van der Waals surface area contributed by atoms with Crippen molar-refractivity contribution >= 4 is 41.3 Å². The van der Waals surface area contributed by atoms with Gasteiger partial charge >= 0.3 is 12.2 Å². The van der Waals surface area contributed by atoms with Crippen molar-refractivity contribution in [2.75, 3.05) is 42.5 Å². The lowest BCUT2D eigenvalue weighted by molar-refractivity contribution is -0.120. The second-order valence-corrected chi connectivity index (χ2v) is 13.3. The van der Waals surface area contributed by atoms with Gasteiger partial charge in [-0.15, -0.1) is 0 Å². The zero-order valence-electron chi connectivity index (χ0n) is 31.5. The van der Waals surface area contributed by atoms with Crippen molar-refractivity contribution in [3.05, 3.63) is 107 Å². The Kier molecular flexibility index (Phi) is 14.0. The summed E-state index contributed by atoms with van der Waals surface area (Å²) in [7, 11) is 0. The lowest BCUT2D eigenvalue weighted by atomic mass is 10.0. The smallest absolute Gasteiger partial charge is 0.414 e. The van der Waals surface area contributed by atoms with Gasteiger partial charge in [-0.2, -0.15) is 0 Å². The van der Waals surface area contributed by atoms with Gasteiger partial charge < -0.3 is 36.9 Å². The maximum absolute atomic E-state index is 14.8. The van der Waals surface area contributed by atoms with E-state index < -0.39 is 47.7 Å². The summed E-state index contributed by atoms with van der Waals surface area (Å²) < 4.78 is 69.0. The predicted octanol–water partition coefficient (Wildman–Crippen LogP) is 4.22. The Labute approximate surface area is 330 Å². The second-order valence-electron chi connectivity index (χ2n) is 13.3. The summed E-state index contributed by atoms with van der Waals surface area (Å²) in [6.45, 7) is 3.52. The van der Waals surface area contributed by atoms with Gasteiger partial charge in [-0.1, -0.05) is 48.5 Å². The third-order valence-corrected chi connectivity index (χ3v) is 8.98. The Hall–Kier alpha value is -6.53. The number of cyclic esters (lactones) is 2. The fourth-order valence-electron chi connectivity index (χ4n) is 6.04. The molecule has 4 aromatic carbocycles. The maximum Gasteiger partial charge on any atom is 0.414 e. The summed E-state index contributed by atoms with van der Waals surface area (Å²) >= 11 is 0. The molecule has 0 bridgehead atoms. The molecule has 14 nitrogen and oxygen atoms in total. The van der Waals surface area contributed by atoms with Crippen LogP contribution in [0, 0.1) is 23.3 Å². The van der Waals surface area contributed by atoms with E-state index in [-0.39, 0.29) is 79.5 Å². The number of rotatable bonds is 12. The number of anilines is 2. The standard InChI is InChI=1S/C21H22F2N4O4.C19H19F2N3O3/c1-12(28)25-10-16-11-27(21(30)31-16)15-6-17(22)20(18(23)7-15)14-4-2-13(3-5-14)9-26-19(29)8-24;1-11(25)23-9-15-10-24(19(26)27-15)14-6-16(20)18(17(21)7-14)13-4-2-12(8-22)3-5-13/h2-7,16H,8-11,24H2,1H3,(H,25,28)(H,26,29);2-7,15H,8-10,22H2,1H3,(H,23,25)/t16-;15-/m00/s1. The van der Waals surface area contributed by atoms with Crippen molar-refractivity contribution in [1.82, 2.24) is 16.0 Å². The van der Waals surface area contributed by atoms with Gasteiger partial charge in [0.25, 0.3) is 0 Å². The molecule has 2 fully saturated rings. The highest BCUT2D eigenvalue weighted by atomic mass is 19.1. The number of halogens is 4. The molecule has 2 atom stereocenters. The van der Waals surface area contributed by atoms with Crippen molar-refractivity contribution < 1.29 is 51.0 Å². The Morgan fingerprint density at radius 2 is 1.02 bits per heavy atom. The molecule has 2 aliphatic rings. The highest BCUT2D eigenvalue weighted by Gasteiger charge is 2.35. The lowest BCUT2D eigenvalue weighted by Crippen LogP contribution is -2.33. The van der Waals surface area contributed by atoms with Crippen molar-refractivity contribution in [1.29, 1.82) is 0 Å². The zero-order valence-corrected chi connectivity index (χ0v) is 31.5. The minimum absolute atomic E-state index is 0.0233. The van der Waals surface area contributed by atoms with Crippen LogP contribution in [0.5, 0.6) is 0 Å². The Bertz CT molecular complexity index is 2130. The summed E-state index contributed by atoms with van der Waals surface area (Å²) in [4.78, 5) is 59.5. The average molecular weight is 808 g/mol. The molecule has 0 aliphatic carbocycles. The normalized spacial score (nSPS) is 15.9. The molecule has 0 saturated carbocycles. The van der Waals surface area contributed by atoms with Crippen LogP contribution in [-0.2, 0) is 36.9 Å². The zero-order chi connectivity index (χ0) is 42.1. The highest BCUT2D eigenvalue weighted by Crippen LogP contribution is 2.34. The molecule has 0 unspecified atom stereocenters. The summed E-state index contributed by atoms with van der Waals surface area (Å²) in [6, 6.07) is 17.3. The molecule has 2 aliphatic heterocycles. The van der Waals surface area contributed by atoms with E-state index in [0.29, 0.717) is 17.7 Å². The minimum atomic E-state index is -0.836. The first-order valence-electron chi connectivity index (χ1n) is 18.0. The molecule has 0 radical (unpaired) electrons. The largest absolute Gasteiger partial charge is 0.442 e. The molecule has 0 aromatic heterocycles. The molecule has 4 aromatic rings. The molecule has 306 valence electrons. The number of carbonyl (C=O) groups excluding carboxylic acids is 5. The maximum atomic E-state index is 14.8. The van der Waals surface area contributed by atoms with Gasteiger partial charge in [0.2, 0.25) is 17.7 Å². The summed E-state index contributed by atoms with van der Waals surface area (Å²) in [6.07, 6.45) is -2.67. The molecule has 58 heavy (non-hydrogen) atoms. The monoisotopic (exact) mass is 807 g/mol. The van der Waals surface area contributed by atoms with E-state index in [1.165, 1.54) is 13.8 Å². The molecule has 2 heterocycles. The Morgan fingerprint density at radius 1 is 0.638 bits per heavy atom. The Morgan fingerprint density at radius 3 is 1.36 bits per heavy atom. The van der Waals surface area contributed by atoms with Crippen LogP contribution in [0.15, 0.2) is 72.8 Å². The molecular weight excluding hydrogens is 766 g/mol. The SMILES string of the molecule is CC(=O)NC[C@H]1CN(c2cc(F)c(-c3ccc(CN)cc3)c(F)c2)C(=O)O1.CC(=O)NC[C@H]1CN(c2cc(F)c(-c3ccc(CNC(=O)CN)cc3)c(F)c2)C(=O)O1. The van der Waals surface area contributed by atoms with E-state index in [4.69, 9.17) is 20.9 Å². The number of hydrogen-bond acceptors (Lipinski definition) is 9. The summed E-state index contributed by atoms with van der Waals surface area (Å²) in [5.41, 5.74) is 12.7. The van der Waals surface area contributed by atoms with Crippen LogP contribution in [0.3, 0.4) is 0 Å². The van der Waals surface area contributed by atoms with Gasteiger partial charge in [0.1, 0.15) is 35.5 Å². The molecule has 18 heteroatoms. The quantitative estimate of drug-likeness (QED) is 0.130. The second kappa shape index (κ2) is 19.1. The van der Waals surface area contributed by atoms with E-state index in [2.05, 4.69) is 16.0 Å². The predicted molar refractivity (Wildman–Crippen MR) is 205 cm³/mol. The van der Waals surface area contributed by atoms with E-state index in [1.54, 1.807) is 48.5 Å². The minimum Gasteiger partial charge on any atom is -0.442 e. The molecule has 7 N–H and O–H groups in total. The van der Waals surface area contributed by atoms with Crippen molar-refractivity contribution in [3.63, 3.8) is 0 Å². The number of ether oxygens (including phenoxy) is 2. The fraction of sp³-hybridized carbons (Fsp3) is 0.275.